The third-order valence-corrected chi connectivity index (χ3v) is 7.78. The number of aromatic nitrogens is 3. The molecule has 2 heterocycles. The number of sulfonamides is 1. The number of benzene rings is 2. The maximum atomic E-state index is 12.9. The zero-order chi connectivity index (χ0) is 22.6. The zero-order valence-corrected chi connectivity index (χ0v) is 18.8. The fourth-order valence-electron chi connectivity index (χ4n) is 3.89. The third kappa shape index (κ3) is 5.05. The Kier molecular flexibility index (Phi) is 6.66. The highest BCUT2D eigenvalue weighted by Gasteiger charge is 2.30. The van der Waals surface area contributed by atoms with Crippen LogP contribution in [0.5, 0.6) is 0 Å². The van der Waals surface area contributed by atoms with Crippen molar-refractivity contribution in [2.45, 2.75) is 50.2 Å². The molecular formula is C23H27N5O3S. The third-order valence-electron chi connectivity index (χ3n) is 5.75. The Labute approximate surface area is 188 Å². The van der Waals surface area contributed by atoms with Gasteiger partial charge in [0.05, 0.1) is 11.4 Å². The molecule has 1 aliphatic rings. The molecule has 0 radical (unpaired) electrons. The van der Waals surface area contributed by atoms with Crippen LogP contribution in [0.1, 0.15) is 47.7 Å². The van der Waals surface area contributed by atoms with E-state index >= 15 is 0 Å². The average molecular weight is 454 g/mol. The van der Waals surface area contributed by atoms with E-state index in [9.17, 15) is 13.2 Å². The van der Waals surface area contributed by atoms with E-state index in [0.29, 0.717) is 25.2 Å². The summed E-state index contributed by atoms with van der Waals surface area (Å²) in [6.45, 7) is 3.51. The van der Waals surface area contributed by atoms with Crippen molar-refractivity contribution in [1.29, 1.82) is 0 Å². The first kappa shape index (κ1) is 22.2. The summed E-state index contributed by atoms with van der Waals surface area (Å²) < 4.78 is 29.2. The van der Waals surface area contributed by atoms with Crippen molar-refractivity contribution in [2.24, 2.45) is 0 Å². The van der Waals surface area contributed by atoms with Gasteiger partial charge in [-0.1, -0.05) is 30.7 Å². The number of hydrogen-bond acceptors (Lipinski definition) is 5. The number of piperidine rings is 1. The molecule has 1 aliphatic heterocycles. The molecular weight excluding hydrogens is 426 g/mol. The van der Waals surface area contributed by atoms with Gasteiger partial charge in [-0.3, -0.25) is 4.79 Å². The molecule has 0 spiro atoms. The van der Waals surface area contributed by atoms with Crippen LogP contribution in [0.15, 0.2) is 66.1 Å². The van der Waals surface area contributed by atoms with Crippen molar-refractivity contribution in [3.63, 3.8) is 0 Å². The molecule has 8 nitrogen and oxygen atoms in total. The van der Waals surface area contributed by atoms with Crippen molar-refractivity contribution in [3.05, 3.63) is 77.9 Å². The molecule has 1 aromatic heterocycles. The number of carbonyl (C=O) groups excluding carboxylic acids is 1. The molecule has 1 fully saturated rings. The van der Waals surface area contributed by atoms with Crippen LogP contribution in [0.25, 0.3) is 0 Å². The highest BCUT2D eigenvalue weighted by Crippen LogP contribution is 2.25. The molecule has 0 saturated carbocycles. The lowest BCUT2D eigenvalue weighted by molar-refractivity contribution is 0.0951. The lowest BCUT2D eigenvalue weighted by Crippen LogP contribution is -2.41. The Bertz CT molecular complexity index is 1140. The lowest BCUT2D eigenvalue weighted by Gasteiger charge is -2.32. The topological polar surface area (TPSA) is 97.2 Å². The molecule has 3 aromatic rings. The summed E-state index contributed by atoms with van der Waals surface area (Å²) in [5, 5.41) is 6.97. The Hall–Kier alpha value is -3.04. The van der Waals surface area contributed by atoms with E-state index in [4.69, 9.17) is 0 Å². The predicted octanol–water partition coefficient (Wildman–Crippen LogP) is 2.82. The van der Waals surface area contributed by atoms with Gasteiger partial charge in [-0.15, -0.1) is 0 Å². The lowest BCUT2D eigenvalue weighted by atomic mass is 10.1. The van der Waals surface area contributed by atoms with E-state index in [1.54, 1.807) is 27.4 Å². The van der Waals surface area contributed by atoms with E-state index < -0.39 is 10.0 Å². The summed E-state index contributed by atoms with van der Waals surface area (Å²) in [4.78, 5) is 16.7. The second-order valence-corrected chi connectivity index (χ2v) is 9.97. The summed E-state index contributed by atoms with van der Waals surface area (Å²) in [5.41, 5.74) is 2.49. The first-order valence-corrected chi connectivity index (χ1v) is 12.2. The normalized spacial score (nSPS) is 17.2. The smallest absolute Gasteiger partial charge is 0.251 e. The van der Waals surface area contributed by atoms with Gasteiger partial charge in [0, 0.05) is 24.7 Å². The fourth-order valence-corrected chi connectivity index (χ4v) is 5.59. The van der Waals surface area contributed by atoms with E-state index in [2.05, 4.69) is 15.4 Å². The summed E-state index contributed by atoms with van der Waals surface area (Å²) in [6, 6.07) is 14.1. The van der Waals surface area contributed by atoms with Gasteiger partial charge >= 0.3 is 0 Å². The molecule has 32 heavy (non-hydrogen) atoms. The van der Waals surface area contributed by atoms with Gasteiger partial charge < -0.3 is 5.32 Å². The SMILES string of the molecule is C[C@H]1CCCCN1S(=O)(=O)c1ccc(C(=O)NCc2ccc(Cn3cncn3)cc2)cc1. The second-order valence-electron chi connectivity index (χ2n) is 8.08. The second kappa shape index (κ2) is 9.62. The molecule has 0 aliphatic carbocycles. The number of nitrogens with zero attached hydrogens (tertiary/aromatic N) is 4. The van der Waals surface area contributed by atoms with Gasteiger partial charge in [-0.25, -0.2) is 18.1 Å². The maximum absolute atomic E-state index is 12.9. The minimum Gasteiger partial charge on any atom is -0.348 e. The number of rotatable bonds is 7. The molecule has 1 N–H and O–H groups in total. The zero-order valence-electron chi connectivity index (χ0n) is 18.0. The van der Waals surface area contributed by atoms with Crippen LogP contribution < -0.4 is 5.32 Å². The van der Waals surface area contributed by atoms with Gasteiger partial charge in [0.15, 0.2) is 0 Å². The number of hydrogen-bond donors (Lipinski definition) is 1. The minimum absolute atomic E-state index is 0.000626. The van der Waals surface area contributed by atoms with E-state index in [1.807, 2.05) is 31.2 Å². The number of carbonyl (C=O) groups is 1. The van der Waals surface area contributed by atoms with Gasteiger partial charge in [-0.2, -0.15) is 9.40 Å². The van der Waals surface area contributed by atoms with Crippen LogP contribution in [0.3, 0.4) is 0 Å². The van der Waals surface area contributed by atoms with Crippen LogP contribution in [-0.4, -0.2) is 46.0 Å². The van der Waals surface area contributed by atoms with E-state index in [1.165, 1.54) is 18.5 Å². The van der Waals surface area contributed by atoms with Crippen LogP contribution in [0, 0.1) is 0 Å². The fraction of sp³-hybridized carbons (Fsp3) is 0.348. The molecule has 1 amide bonds. The predicted molar refractivity (Wildman–Crippen MR) is 120 cm³/mol. The molecule has 2 aromatic carbocycles. The Morgan fingerprint density at radius 1 is 1.06 bits per heavy atom. The van der Waals surface area contributed by atoms with Crippen molar-refractivity contribution in [3.8, 4) is 0 Å². The van der Waals surface area contributed by atoms with Crippen LogP contribution in [0.2, 0.25) is 0 Å². The standard InChI is InChI=1S/C23H27N5O3S/c1-18-4-2-3-13-28(18)32(30,31)22-11-9-21(10-12-22)23(29)25-14-19-5-7-20(8-6-19)15-27-17-24-16-26-27/h5-12,16-18H,2-4,13-15H2,1H3,(H,25,29)/t18-/m0/s1. The molecule has 4 rings (SSSR count). The Morgan fingerprint density at radius 2 is 1.78 bits per heavy atom. The highest BCUT2D eigenvalue weighted by molar-refractivity contribution is 7.89. The van der Waals surface area contributed by atoms with Gasteiger partial charge in [-0.05, 0) is 55.2 Å². The van der Waals surface area contributed by atoms with Crippen molar-refractivity contribution >= 4 is 15.9 Å². The molecule has 168 valence electrons. The first-order valence-electron chi connectivity index (χ1n) is 10.7. The Balaban J connectivity index is 1.35. The molecule has 0 bridgehead atoms. The first-order chi connectivity index (χ1) is 15.4. The van der Waals surface area contributed by atoms with Gasteiger partial charge in [0.2, 0.25) is 10.0 Å². The monoisotopic (exact) mass is 453 g/mol. The molecule has 0 unspecified atom stereocenters. The van der Waals surface area contributed by atoms with Gasteiger partial charge in [0.1, 0.15) is 12.7 Å². The van der Waals surface area contributed by atoms with Crippen LogP contribution >= 0.6 is 0 Å². The maximum Gasteiger partial charge on any atom is 0.251 e. The molecule has 1 saturated heterocycles. The Morgan fingerprint density at radius 3 is 2.44 bits per heavy atom. The van der Waals surface area contributed by atoms with Crippen LogP contribution in [-0.2, 0) is 23.1 Å². The minimum atomic E-state index is -3.54. The van der Waals surface area contributed by atoms with Crippen molar-refractivity contribution in [2.75, 3.05) is 6.54 Å². The van der Waals surface area contributed by atoms with E-state index in [-0.39, 0.29) is 16.8 Å². The highest BCUT2D eigenvalue weighted by atomic mass is 32.2. The molecule has 1 atom stereocenters. The number of amides is 1. The quantitative estimate of drug-likeness (QED) is 0.593. The average Bonchev–Trinajstić information content (AvgIpc) is 3.32. The van der Waals surface area contributed by atoms with E-state index in [0.717, 1.165) is 30.4 Å². The molecule has 9 heteroatoms. The largest absolute Gasteiger partial charge is 0.348 e. The summed E-state index contributed by atoms with van der Waals surface area (Å²) in [7, 11) is -3.54. The van der Waals surface area contributed by atoms with Crippen LogP contribution in [0.4, 0.5) is 0 Å². The summed E-state index contributed by atoms with van der Waals surface area (Å²) in [6.07, 6.45) is 5.97. The van der Waals surface area contributed by atoms with Gasteiger partial charge in [0.25, 0.3) is 5.91 Å². The number of nitrogens with one attached hydrogen (secondary N) is 1. The summed E-state index contributed by atoms with van der Waals surface area (Å²) >= 11 is 0. The van der Waals surface area contributed by atoms with Crippen molar-refractivity contribution < 1.29 is 13.2 Å². The van der Waals surface area contributed by atoms with Crippen molar-refractivity contribution in [1.82, 2.24) is 24.4 Å². The summed E-state index contributed by atoms with van der Waals surface area (Å²) in [5.74, 6) is -0.244.